The third-order valence-electron chi connectivity index (χ3n) is 3.50. The molecule has 0 spiro atoms. The maximum Gasteiger partial charge on any atom is 0.306 e. The Labute approximate surface area is 121 Å². The van der Waals surface area contributed by atoms with Crippen molar-refractivity contribution in [2.75, 3.05) is 13.2 Å². The summed E-state index contributed by atoms with van der Waals surface area (Å²) in [5, 5.41) is 20.0. The number of nitro benzene ring substituents is 1. The predicted octanol–water partition coefficient (Wildman–Crippen LogP) is 1.27. The Morgan fingerprint density at radius 3 is 2.76 bits per heavy atom. The number of piperidine rings is 1. The van der Waals surface area contributed by atoms with Crippen LogP contribution in [-0.4, -0.2) is 41.9 Å². The van der Waals surface area contributed by atoms with Crippen LogP contribution < -0.4 is 0 Å². The Balaban J connectivity index is 2.43. The first-order valence-electron chi connectivity index (χ1n) is 6.44. The van der Waals surface area contributed by atoms with Crippen LogP contribution in [0.3, 0.4) is 0 Å². The Hall–Kier alpha value is -1.58. The molecule has 1 heterocycles. The molecule has 1 N–H and O–H groups in total. The van der Waals surface area contributed by atoms with Gasteiger partial charge in [0, 0.05) is 18.7 Å². The van der Waals surface area contributed by atoms with Gasteiger partial charge in [0.15, 0.2) is 0 Å². The highest BCUT2D eigenvalue weighted by atomic mass is 32.2. The van der Waals surface area contributed by atoms with Gasteiger partial charge in [-0.15, -0.1) is 0 Å². The fourth-order valence-electron chi connectivity index (χ4n) is 2.40. The smallest absolute Gasteiger partial charge is 0.306 e. The van der Waals surface area contributed by atoms with E-state index in [1.165, 1.54) is 0 Å². The van der Waals surface area contributed by atoms with Gasteiger partial charge in [0.2, 0.25) is 15.8 Å². The van der Waals surface area contributed by atoms with Crippen molar-refractivity contribution >= 4 is 15.7 Å². The lowest BCUT2D eigenvalue weighted by Crippen LogP contribution is -2.45. The molecule has 2 rings (SSSR count). The van der Waals surface area contributed by atoms with Crippen LogP contribution in [0.25, 0.3) is 0 Å². The lowest BCUT2D eigenvalue weighted by Gasteiger charge is -2.33. The Morgan fingerprint density at radius 2 is 2.14 bits per heavy atom. The number of benzene rings is 1. The minimum atomic E-state index is -3.99. The molecule has 1 unspecified atom stereocenters. The first-order valence-corrected chi connectivity index (χ1v) is 7.88. The van der Waals surface area contributed by atoms with Gasteiger partial charge in [-0.3, -0.25) is 10.1 Å². The summed E-state index contributed by atoms with van der Waals surface area (Å²) in [4.78, 5) is 9.41. The monoisotopic (exact) mass is 318 g/mol. The summed E-state index contributed by atoms with van der Waals surface area (Å²) in [6.45, 7) is -0.0821. The van der Waals surface area contributed by atoms with Crippen molar-refractivity contribution < 1.29 is 22.8 Å². The normalized spacial score (nSPS) is 20.4. The molecule has 1 aliphatic rings. The van der Waals surface area contributed by atoms with Gasteiger partial charge in [-0.2, -0.15) is 8.70 Å². The van der Waals surface area contributed by atoms with Crippen LogP contribution in [-0.2, 0) is 10.0 Å². The first kappa shape index (κ1) is 15.8. The number of nitro groups is 1. The van der Waals surface area contributed by atoms with E-state index in [-0.39, 0.29) is 18.0 Å². The van der Waals surface area contributed by atoms with Crippen molar-refractivity contribution in [2.45, 2.75) is 30.2 Å². The van der Waals surface area contributed by atoms with Crippen LogP contribution in [0.5, 0.6) is 0 Å². The third-order valence-corrected chi connectivity index (χ3v) is 5.45. The molecule has 0 aliphatic carbocycles. The van der Waals surface area contributed by atoms with Gasteiger partial charge in [-0.1, -0.05) is 6.42 Å². The number of sulfonamides is 1. The SMILES string of the molecule is O=[N+]([O-])c1cc(S(=O)(=O)N2CCCCC2CO)ccc1F. The lowest BCUT2D eigenvalue weighted by atomic mass is 10.1. The van der Waals surface area contributed by atoms with Gasteiger partial charge >= 0.3 is 5.69 Å². The number of rotatable bonds is 4. The zero-order valence-electron chi connectivity index (χ0n) is 11.1. The van der Waals surface area contributed by atoms with Crippen molar-refractivity contribution in [1.29, 1.82) is 0 Å². The average Bonchev–Trinajstić information content (AvgIpc) is 2.47. The second-order valence-corrected chi connectivity index (χ2v) is 6.71. The summed E-state index contributed by atoms with van der Waals surface area (Å²) < 4.78 is 39.5. The summed E-state index contributed by atoms with van der Waals surface area (Å²) in [6.07, 6.45) is 1.98. The van der Waals surface area contributed by atoms with Crippen LogP contribution in [0.1, 0.15) is 19.3 Å². The molecular weight excluding hydrogens is 303 g/mol. The van der Waals surface area contributed by atoms with Crippen LogP contribution in [0.4, 0.5) is 10.1 Å². The lowest BCUT2D eigenvalue weighted by molar-refractivity contribution is -0.387. The highest BCUT2D eigenvalue weighted by molar-refractivity contribution is 7.89. The van der Waals surface area contributed by atoms with Crippen molar-refractivity contribution in [3.63, 3.8) is 0 Å². The molecule has 0 aromatic heterocycles. The van der Waals surface area contributed by atoms with E-state index in [9.17, 15) is 28.0 Å². The van der Waals surface area contributed by atoms with Gasteiger partial charge in [0.05, 0.1) is 16.4 Å². The summed E-state index contributed by atoms with van der Waals surface area (Å²) >= 11 is 0. The van der Waals surface area contributed by atoms with Crippen LogP contribution in [0.2, 0.25) is 0 Å². The summed E-state index contributed by atoms with van der Waals surface area (Å²) in [7, 11) is -3.99. The molecule has 1 atom stereocenters. The second kappa shape index (κ2) is 6.04. The number of hydrogen-bond donors (Lipinski definition) is 1. The molecule has 1 aromatic rings. The number of aliphatic hydroxyl groups is 1. The van der Waals surface area contributed by atoms with Crippen molar-refractivity contribution in [3.05, 3.63) is 34.1 Å². The number of aliphatic hydroxyl groups excluding tert-OH is 1. The van der Waals surface area contributed by atoms with E-state index < -0.39 is 32.5 Å². The van der Waals surface area contributed by atoms with Crippen molar-refractivity contribution in [1.82, 2.24) is 4.31 Å². The molecule has 0 saturated carbocycles. The van der Waals surface area contributed by atoms with E-state index in [4.69, 9.17) is 0 Å². The van der Waals surface area contributed by atoms with Crippen molar-refractivity contribution in [3.8, 4) is 0 Å². The van der Waals surface area contributed by atoms with E-state index in [1.54, 1.807) is 0 Å². The third kappa shape index (κ3) is 3.04. The zero-order valence-corrected chi connectivity index (χ0v) is 11.9. The number of hydrogen-bond acceptors (Lipinski definition) is 5. The van der Waals surface area contributed by atoms with E-state index in [0.717, 1.165) is 22.9 Å². The topological polar surface area (TPSA) is 101 Å². The van der Waals surface area contributed by atoms with Crippen LogP contribution in [0, 0.1) is 15.9 Å². The summed E-state index contributed by atoms with van der Waals surface area (Å²) in [6, 6.07) is 1.94. The quantitative estimate of drug-likeness (QED) is 0.665. The second-order valence-electron chi connectivity index (χ2n) is 4.82. The fourth-order valence-corrected chi connectivity index (χ4v) is 4.11. The van der Waals surface area contributed by atoms with E-state index >= 15 is 0 Å². The molecule has 0 bridgehead atoms. The largest absolute Gasteiger partial charge is 0.395 e. The molecule has 0 amide bonds. The highest BCUT2D eigenvalue weighted by Gasteiger charge is 2.34. The van der Waals surface area contributed by atoms with Gasteiger partial charge in [0.1, 0.15) is 0 Å². The molecule has 1 saturated heterocycles. The van der Waals surface area contributed by atoms with E-state index in [0.29, 0.717) is 18.9 Å². The average molecular weight is 318 g/mol. The van der Waals surface area contributed by atoms with E-state index in [1.807, 2.05) is 0 Å². The molecule has 1 fully saturated rings. The van der Waals surface area contributed by atoms with Crippen LogP contribution >= 0.6 is 0 Å². The Morgan fingerprint density at radius 1 is 1.43 bits per heavy atom. The summed E-state index contributed by atoms with van der Waals surface area (Å²) in [5.74, 6) is -1.09. The molecule has 1 aromatic carbocycles. The molecule has 21 heavy (non-hydrogen) atoms. The molecule has 9 heteroatoms. The maximum absolute atomic E-state index is 13.3. The number of nitrogens with zero attached hydrogens (tertiary/aromatic N) is 2. The predicted molar refractivity (Wildman–Crippen MR) is 71.7 cm³/mol. The Bertz CT molecular complexity index is 649. The molecule has 1 aliphatic heterocycles. The van der Waals surface area contributed by atoms with Crippen molar-refractivity contribution in [2.24, 2.45) is 0 Å². The molecule has 0 radical (unpaired) electrons. The van der Waals surface area contributed by atoms with Gasteiger partial charge < -0.3 is 5.11 Å². The Kier molecular flexibility index (Phi) is 4.55. The van der Waals surface area contributed by atoms with Gasteiger partial charge in [-0.05, 0) is 25.0 Å². The fraction of sp³-hybridized carbons (Fsp3) is 0.500. The maximum atomic E-state index is 13.3. The first-order chi connectivity index (χ1) is 9.87. The van der Waals surface area contributed by atoms with Gasteiger partial charge in [0.25, 0.3) is 0 Å². The zero-order chi connectivity index (χ0) is 15.6. The molecule has 116 valence electrons. The highest BCUT2D eigenvalue weighted by Crippen LogP contribution is 2.28. The standard InChI is InChI=1S/C12H15FN2O5S/c13-11-5-4-10(7-12(11)15(17)18)21(19,20)14-6-2-1-3-9(14)8-16/h4-5,7,9,16H,1-3,6,8H2. The minimum Gasteiger partial charge on any atom is -0.395 e. The van der Waals surface area contributed by atoms with Gasteiger partial charge in [-0.25, -0.2) is 8.42 Å². The number of halogens is 1. The minimum absolute atomic E-state index is 0.235. The summed E-state index contributed by atoms with van der Waals surface area (Å²) in [5.41, 5.74) is -0.881. The van der Waals surface area contributed by atoms with E-state index in [2.05, 4.69) is 0 Å². The van der Waals surface area contributed by atoms with Crippen LogP contribution in [0.15, 0.2) is 23.1 Å². The molecule has 7 nitrogen and oxygen atoms in total. The molecular formula is C12H15FN2O5S.